The number of aromatic nitrogens is 1. The number of carbonyl (C=O) groups is 3. The van der Waals surface area contributed by atoms with E-state index in [0.29, 0.717) is 22.6 Å². The van der Waals surface area contributed by atoms with E-state index in [9.17, 15) is 14.4 Å². The van der Waals surface area contributed by atoms with Crippen LogP contribution >= 0.6 is 11.8 Å². The number of ether oxygens (including phenoxy) is 1. The van der Waals surface area contributed by atoms with E-state index in [4.69, 9.17) is 4.74 Å². The number of fused-ring (bicyclic) bond motifs is 3. The number of rotatable bonds is 9. The fourth-order valence-corrected chi connectivity index (χ4v) is 5.88. The lowest BCUT2D eigenvalue weighted by Gasteiger charge is -2.12. The van der Waals surface area contributed by atoms with Crippen molar-refractivity contribution < 1.29 is 19.1 Å². The summed E-state index contributed by atoms with van der Waals surface area (Å²) >= 11 is 1.39. The Morgan fingerprint density at radius 3 is 2.07 bits per heavy atom. The Kier molecular flexibility index (Phi) is 8.75. The van der Waals surface area contributed by atoms with Gasteiger partial charge in [0.25, 0.3) is 11.8 Å². The van der Waals surface area contributed by atoms with Gasteiger partial charge in [0, 0.05) is 26.9 Å². The summed E-state index contributed by atoms with van der Waals surface area (Å²) in [6.45, 7) is 0. The molecule has 222 valence electrons. The van der Waals surface area contributed by atoms with Gasteiger partial charge in [-0.1, -0.05) is 72.8 Å². The van der Waals surface area contributed by atoms with E-state index in [2.05, 4.69) is 10.6 Å². The average molecular weight is 612 g/mol. The number of para-hydroxylation sites is 2. The maximum atomic E-state index is 13.5. The number of anilines is 1. The van der Waals surface area contributed by atoms with Crippen molar-refractivity contribution >= 4 is 63.1 Å². The zero-order valence-corrected chi connectivity index (χ0v) is 25.2. The number of nitrogens with zero attached hydrogens (tertiary/aromatic N) is 1. The number of carbonyl (C=O) groups excluding carboxylic acids is 3. The zero-order valence-electron chi connectivity index (χ0n) is 24.4. The normalized spacial score (nSPS) is 11.4. The van der Waals surface area contributed by atoms with E-state index in [1.54, 1.807) is 72.4 Å². The Hall–Kier alpha value is -5.60. The largest absolute Gasteiger partial charge is 0.497 e. The summed E-state index contributed by atoms with van der Waals surface area (Å²) in [4.78, 5) is 40.8. The first kappa shape index (κ1) is 29.5. The molecule has 1 aromatic heterocycles. The zero-order chi connectivity index (χ0) is 31.2. The molecule has 5 aromatic carbocycles. The van der Waals surface area contributed by atoms with Crippen molar-refractivity contribution in [2.24, 2.45) is 0 Å². The summed E-state index contributed by atoms with van der Waals surface area (Å²) in [5, 5.41) is 7.72. The minimum Gasteiger partial charge on any atom is -0.497 e. The average Bonchev–Trinajstić information content (AvgIpc) is 3.42. The van der Waals surface area contributed by atoms with Crippen molar-refractivity contribution in [3.8, 4) is 5.75 Å². The second-order valence-corrected chi connectivity index (χ2v) is 11.2. The fraction of sp³-hybridized carbons (Fsp3) is 0.0541. The molecule has 0 aliphatic heterocycles. The van der Waals surface area contributed by atoms with Crippen molar-refractivity contribution in [3.63, 3.8) is 0 Å². The highest BCUT2D eigenvalue weighted by molar-refractivity contribution is 8.00. The molecule has 2 N–H and O–H groups in total. The minimum atomic E-state index is -0.487. The summed E-state index contributed by atoms with van der Waals surface area (Å²) < 4.78 is 7.01. The van der Waals surface area contributed by atoms with E-state index < -0.39 is 11.8 Å². The van der Waals surface area contributed by atoms with Crippen LogP contribution in [-0.4, -0.2) is 35.2 Å². The number of methoxy groups -OCH3 is 1. The number of nitrogens with one attached hydrogen (secondary N) is 2. The number of hydrogen-bond acceptors (Lipinski definition) is 5. The van der Waals surface area contributed by atoms with Crippen LogP contribution in [0.4, 0.5) is 5.69 Å². The van der Waals surface area contributed by atoms with Crippen LogP contribution < -0.4 is 15.4 Å². The van der Waals surface area contributed by atoms with Crippen LogP contribution in [-0.2, 0) is 4.79 Å². The Bertz CT molecular complexity index is 2000. The molecule has 0 fully saturated rings. The van der Waals surface area contributed by atoms with Gasteiger partial charge in [0.1, 0.15) is 11.4 Å². The Labute approximate surface area is 264 Å². The van der Waals surface area contributed by atoms with Gasteiger partial charge in [-0.3, -0.25) is 19.0 Å². The summed E-state index contributed by atoms with van der Waals surface area (Å²) in [5.74, 6) is -0.0508. The van der Waals surface area contributed by atoms with Crippen LogP contribution in [0, 0.1) is 0 Å². The molecule has 7 nitrogen and oxygen atoms in total. The number of thioether (sulfide) groups is 1. The van der Waals surface area contributed by atoms with Crippen LogP contribution in [0.3, 0.4) is 0 Å². The Balaban J connectivity index is 1.20. The molecule has 0 bridgehead atoms. The van der Waals surface area contributed by atoms with Crippen LogP contribution in [0.25, 0.3) is 27.9 Å². The predicted molar refractivity (Wildman–Crippen MR) is 181 cm³/mol. The van der Waals surface area contributed by atoms with Gasteiger partial charge >= 0.3 is 0 Å². The molecule has 0 radical (unpaired) electrons. The minimum absolute atomic E-state index is 0.0415. The first-order chi connectivity index (χ1) is 22.0. The van der Waals surface area contributed by atoms with E-state index in [0.717, 1.165) is 26.7 Å². The van der Waals surface area contributed by atoms with Crippen LogP contribution in [0.5, 0.6) is 5.75 Å². The van der Waals surface area contributed by atoms with Crippen LogP contribution in [0.1, 0.15) is 20.7 Å². The van der Waals surface area contributed by atoms with Crippen molar-refractivity contribution in [1.29, 1.82) is 0 Å². The third-order valence-electron chi connectivity index (χ3n) is 7.24. The maximum absolute atomic E-state index is 13.5. The number of hydrogen-bond donors (Lipinski definition) is 2. The van der Waals surface area contributed by atoms with E-state index >= 15 is 0 Å². The second-order valence-electron chi connectivity index (χ2n) is 10.2. The highest BCUT2D eigenvalue weighted by Crippen LogP contribution is 2.30. The van der Waals surface area contributed by atoms with Gasteiger partial charge < -0.3 is 15.4 Å². The second kappa shape index (κ2) is 13.4. The molecular formula is C37H29N3O4S. The summed E-state index contributed by atoms with van der Waals surface area (Å²) in [6, 6.07) is 38.9. The summed E-state index contributed by atoms with van der Waals surface area (Å²) in [5.41, 5.74) is 3.50. The molecule has 0 aliphatic rings. The van der Waals surface area contributed by atoms with Crippen LogP contribution in [0.15, 0.2) is 138 Å². The van der Waals surface area contributed by atoms with Crippen molar-refractivity contribution in [2.75, 3.05) is 18.2 Å². The summed E-state index contributed by atoms with van der Waals surface area (Å²) in [7, 11) is 1.58. The molecule has 6 aromatic rings. The third-order valence-corrected chi connectivity index (χ3v) is 8.22. The monoisotopic (exact) mass is 611 g/mol. The SMILES string of the molecule is COc1ccc(/C=C(/NC(=O)c2ccccc2)C(=O)Nc2cccc(SCC(=O)n3c4ccccc4c4ccccc43)c2)cc1. The lowest BCUT2D eigenvalue weighted by molar-refractivity contribution is -0.113. The number of amides is 2. The first-order valence-electron chi connectivity index (χ1n) is 14.3. The molecule has 8 heteroatoms. The van der Waals surface area contributed by atoms with Gasteiger partial charge in [0.2, 0.25) is 5.91 Å². The van der Waals surface area contributed by atoms with E-state index in [-0.39, 0.29) is 17.4 Å². The van der Waals surface area contributed by atoms with Gasteiger partial charge in [-0.25, -0.2) is 0 Å². The molecule has 0 saturated heterocycles. The molecule has 0 unspecified atom stereocenters. The molecule has 0 spiro atoms. The number of benzene rings is 5. The summed E-state index contributed by atoms with van der Waals surface area (Å²) in [6.07, 6.45) is 1.61. The lowest BCUT2D eigenvalue weighted by atomic mass is 10.1. The highest BCUT2D eigenvalue weighted by Gasteiger charge is 2.17. The van der Waals surface area contributed by atoms with Crippen molar-refractivity contribution in [1.82, 2.24) is 9.88 Å². The molecule has 45 heavy (non-hydrogen) atoms. The third kappa shape index (κ3) is 6.66. The van der Waals surface area contributed by atoms with E-state index in [1.165, 1.54) is 11.8 Å². The highest BCUT2D eigenvalue weighted by atomic mass is 32.2. The standard InChI is InChI=1S/C37H29N3O4S/c1-44-28-20-18-25(19-21-28)22-32(39-36(42)26-10-3-2-4-11-26)37(43)38-27-12-9-13-29(23-27)45-24-35(41)40-33-16-7-5-14-30(33)31-15-6-8-17-34(31)40/h2-23H,24H2,1H3,(H,38,43)(H,39,42)/b32-22+. The van der Waals surface area contributed by atoms with Crippen molar-refractivity contribution in [3.05, 3.63) is 144 Å². The fourth-order valence-electron chi connectivity index (χ4n) is 5.07. The van der Waals surface area contributed by atoms with Gasteiger partial charge in [-0.2, -0.15) is 0 Å². The molecule has 6 rings (SSSR count). The smallest absolute Gasteiger partial charge is 0.272 e. The molecule has 0 atom stereocenters. The predicted octanol–water partition coefficient (Wildman–Crippen LogP) is 7.65. The Morgan fingerprint density at radius 1 is 0.756 bits per heavy atom. The van der Waals surface area contributed by atoms with E-state index in [1.807, 2.05) is 72.8 Å². The van der Waals surface area contributed by atoms with Crippen molar-refractivity contribution in [2.45, 2.75) is 4.90 Å². The maximum Gasteiger partial charge on any atom is 0.272 e. The quantitative estimate of drug-likeness (QED) is 0.130. The van der Waals surface area contributed by atoms with Gasteiger partial charge in [-0.15, -0.1) is 11.8 Å². The molecule has 0 saturated carbocycles. The van der Waals surface area contributed by atoms with Gasteiger partial charge in [0.05, 0.1) is 23.9 Å². The lowest BCUT2D eigenvalue weighted by Crippen LogP contribution is -2.30. The molecule has 2 amide bonds. The Morgan fingerprint density at radius 2 is 1.40 bits per heavy atom. The first-order valence-corrected chi connectivity index (χ1v) is 15.3. The molecular weight excluding hydrogens is 582 g/mol. The van der Waals surface area contributed by atoms with Gasteiger partial charge in [-0.05, 0) is 66.2 Å². The van der Waals surface area contributed by atoms with Gasteiger partial charge in [0.15, 0.2) is 0 Å². The molecule has 1 heterocycles. The van der Waals surface area contributed by atoms with Crippen LogP contribution in [0.2, 0.25) is 0 Å². The molecule has 0 aliphatic carbocycles. The topological polar surface area (TPSA) is 89.4 Å².